The van der Waals surface area contributed by atoms with Gasteiger partial charge in [0.15, 0.2) is 0 Å². The molecule has 0 spiro atoms. The van der Waals surface area contributed by atoms with Crippen LogP contribution >= 0.6 is 0 Å². The van der Waals surface area contributed by atoms with Crippen molar-refractivity contribution in [2.45, 2.75) is 63.9 Å². The monoisotopic (exact) mass is 227 g/mol. The molecule has 0 aromatic rings. The molecule has 1 rings (SSSR count). The van der Waals surface area contributed by atoms with Crippen molar-refractivity contribution >= 4 is 0 Å². The van der Waals surface area contributed by atoms with E-state index >= 15 is 0 Å². The van der Waals surface area contributed by atoms with Gasteiger partial charge in [0.1, 0.15) is 0 Å². The topological polar surface area (TPSA) is 23.5 Å². The first kappa shape index (κ1) is 14.0. The van der Waals surface area contributed by atoms with Crippen LogP contribution in [0.1, 0.15) is 58.3 Å². The van der Waals surface area contributed by atoms with Crippen molar-refractivity contribution in [2.24, 2.45) is 5.92 Å². The lowest BCUT2D eigenvalue weighted by Crippen LogP contribution is -2.45. The Morgan fingerprint density at radius 1 is 1.25 bits per heavy atom. The number of unbranched alkanes of at least 4 members (excludes halogenated alkanes) is 2. The molecule has 0 radical (unpaired) electrons. The van der Waals surface area contributed by atoms with E-state index in [-0.39, 0.29) is 5.60 Å². The van der Waals surface area contributed by atoms with Gasteiger partial charge in [-0.1, -0.05) is 39.0 Å². The summed E-state index contributed by atoms with van der Waals surface area (Å²) in [5, 5.41) is 10.8. The molecule has 1 aliphatic rings. The summed E-state index contributed by atoms with van der Waals surface area (Å²) in [4.78, 5) is 2.22. The molecule has 96 valence electrons. The van der Waals surface area contributed by atoms with Gasteiger partial charge in [0.05, 0.1) is 5.60 Å². The van der Waals surface area contributed by atoms with Crippen molar-refractivity contribution in [2.75, 3.05) is 20.6 Å². The molecule has 2 atom stereocenters. The molecule has 0 unspecified atom stereocenters. The number of hydrogen-bond acceptors (Lipinski definition) is 2. The normalized spacial score (nSPS) is 30.9. The molecule has 0 aromatic heterocycles. The number of hydrogen-bond donors (Lipinski definition) is 1. The summed E-state index contributed by atoms with van der Waals surface area (Å²) in [6.07, 6.45) is 9.46. The van der Waals surface area contributed by atoms with Crippen LogP contribution < -0.4 is 0 Å². The van der Waals surface area contributed by atoms with Crippen molar-refractivity contribution in [3.8, 4) is 0 Å². The molecule has 2 nitrogen and oxygen atoms in total. The van der Waals surface area contributed by atoms with Gasteiger partial charge in [0, 0.05) is 12.5 Å². The molecule has 0 aromatic carbocycles. The number of aliphatic hydroxyl groups is 1. The minimum absolute atomic E-state index is 0.363. The first-order chi connectivity index (χ1) is 7.58. The Balaban J connectivity index is 2.49. The molecule has 0 saturated heterocycles. The maximum atomic E-state index is 10.8. The Bertz CT molecular complexity index is 193. The van der Waals surface area contributed by atoms with Gasteiger partial charge in [0.25, 0.3) is 0 Å². The van der Waals surface area contributed by atoms with E-state index in [0.717, 1.165) is 19.4 Å². The Morgan fingerprint density at radius 2 is 2.00 bits per heavy atom. The predicted molar refractivity (Wildman–Crippen MR) is 69.6 cm³/mol. The summed E-state index contributed by atoms with van der Waals surface area (Å²) in [7, 11) is 4.22. The highest BCUT2D eigenvalue weighted by atomic mass is 16.3. The van der Waals surface area contributed by atoms with E-state index in [0.29, 0.717) is 5.92 Å². The van der Waals surface area contributed by atoms with Crippen LogP contribution in [0.4, 0.5) is 0 Å². The van der Waals surface area contributed by atoms with Crippen molar-refractivity contribution in [3.05, 3.63) is 0 Å². The second kappa shape index (κ2) is 6.61. The van der Waals surface area contributed by atoms with Crippen molar-refractivity contribution < 1.29 is 5.11 Å². The van der Waals surface area contributed by atoms with Gasteiger partial charge in [-0.2, -0.15) is 0 Å². The zero-order valence-electron chi connectivity index (χ0n) is 11.3. The third-order valence-electron chi connectivity index (χ3n) is 3.97. The van der Waals surface area contributed by atoms with Crippen LogP contribution in [0.25, 0.3) is 0 Å². The summed E-state index contributed by atoms with van der Waals surface area (Å²) < 4.78 is 0. The molecule has 16 heavy (non-hydrogen) atoms. The number of nitrogens with zero attached hydrogens (tertiary/aromatic N) is 1. The zero-order valence-corrected chi connectivity index (χ0v) is 11.3. The van der Waals surface area contributed by atoms with Crippen LogP contribution in [0.15, 0.2) is 0 Å². The van der Waals surface area contributed by atoms with Gasteiger partial charge in [-0.15, -0.1) is 0 Å². The molecule has 1 fully saturated rings. The van der Waals surface area contributed by atoms with E-state index in [9.17, 15) is 5.11 Å². The molecule has 1 saturated carbocycles. The molecular weight excluding hydrogens is 198 g/mol. The van der Waals surface area contributed by atoms with Gasteiger partial charge in [-0.25, -0.2) is 0 Å². The van der Waals surface area contributed by atoms with Crippen molar-refractivity contribution in [1.29, 1.82) is 0 Å². The summed E-state index contributed by atoms with van der Waals surface area (Å²) in [5.41, 5.74) is -0.363. The average molecular weight is 227 g/mol. The van der Waals surface area contributed by atoms with Gasteiger partial charge in [-0.05, 0) is 33.4 Å². The molecule has 1 aliphatic carbocycles. The summed E-state index contributed by atoms with van der Waals surface area (Å²) >= 11 is 0. The minimum atomic E-state index is -0.363. The first-order valence-corrected chi connectivity index (χ1v) is 6.95. The highest BCUT2D eigenvalue weighted by Crippen LogP contribution is 2.37. The molecule has 1 N–H and O–H groups in total. The second-order valence-electron chi connectivity index (χ2n) is 5.77. The van der Waals surface area contributed by atoms with Gasteiger partial charge < -0.3 is 10.0 Å². The molecule has 2 heteroatoms. The SMILES string of the molecule is CCCCC[C@]1(O)CCCC[C@H]1CN(C)C. The third-order valence-corrected chi connectivity index (χ3v) is 3.97. The average Bonchev–Trinajstić information content (AvgIpc) is 2.22. The lowest BCUT2D eigenvalue weighted by atomic mass is 9.72. The van der Waals surface area contributed by atoms with E-state index < -0.39 is 0 Å². The molecule has 0 bridgehead atoms. The molecule has 0 aliphatic heterocycles. The first-order valence-electron chi connectivity index (χ1n) is 6.95. The molecular formula is C14H29NO. The van der Waals surface area contributed by atoms with E-state index in [4.69, 9.17) is 0 Å². The number of rotatable bonds is 6. The van der Waals surface area contributed by atoms with E-state index in [1.54, 1.807) is 0 Å². The van der Waals surface area contributed by atoms with Crippen molar-refractivity contribution in [1.82, 2.24) is 4.90 Å². The quantitative estimate of drug-likeness (QED) is 0.705. The fourth-order valence-electron chi connectivity index (χ4n) is 3.01. The highest BCUT2D eigenvalue weighted by Gasteiger charge is 2.38. The van der Waals surface area contributed by atoms with Crippen LogP contribution in [0.2, 0.25) is 0 Å². The zero-order chi connectivity index (χ0) is 12.0. The maximum Gasteiger partial charge on any atom is 0.0688 e. The lowest BCUT2D eigenvalue weighted by Gasteiger charge is -2.41. The fourth-order valence-corrected chi connectivity index (χ4v) is 3.01. The van der Waals surface area contributed by atoms with Gasteiger partial charge >= 0.3 is 0 Å². The van der Waals surface area contributed by atoms with Gasteiger partial charge in [-0.3, -0.25) is 0 Å². The second-order valence-corrected chi connectivity index (χ2v) is 5.77. The summed E-state index contributed by atoms with van der Waals surface area (Å²) in [6, 6.07) is 0. The van der Waals surface area contributed by atoms with Crippen LogP contribution in [0.3, 0.4) is 0 Å². The fraction of sp³-hybridized carbons (Fsp3) is 1.00. The van der Waals surface area contributed by atoms with E-state index in [1.807, 2.05) is 0 Å². The Kier molecular flexibility index (Phi) is 5.77. The molecule has 0 heterocycles. The summed E-state index contributed by atoms with van der Waals surface area (Å²) in [5.74, 6) is 0.494. The van der Waals surface area contributed by atoms with Crippen LogP contribution in [-0.4, -0.2) is 36.2 Å². The van der Waals surface area contributed by atoms with Crippen molar-refractivity contribution in [3.63, 3.8) is 0 Å². The van der Waals surface area contributed by atoms with Gasteiger partial charge in [0.2, 0.25) is 0 Å². The lowest BCUT2D eigenvalue weighted by molar-refractivity contribution is -0.0635. The maximum absolute atomic E-state index is 10.8. The summed E-state index contributed by atoms with van der Waals surface area (Å²) in [6.45, 7) is 3.27. The standard InChI is InChI=1S/C14H29NO/c1-4-5-7-10-14(16)11-8-6-9-13(14)12-15(2)3/h13,16H,4-12H2,1-3H3/t13-,14-/m0/s1. The Hall–Kier alpha value is -0.0800. The molecule has 0 amide bonds. The predicted octanol–water partition coefficient (Wildman–Crippen LogP) is 3.05. The Morgan fingerprint density at radius 3 is 2.62 bits per heavy atom. The van der Waals surface area contributed by atoms with Crippen LogP contribution in [0.5, 0.6) is 0 Å². The third kappa shape index (κ3) is 4.06. The van der Waals surface area contributed by atoms with Crippen LogP contribution in [0, 0.1) is 5.92 Å². The van der Waals surface area contributed by atoms with E-state index in [1.165, 1.54) is 38.5 Å². The smallest absolute Gasteiger partial charge is 0.0688 e. The largest absolute Gasteiger partial charge is 0.390 e. The Labute approximate surface area is 101 Å². The highest BCUT2D eigenvalue weighted by molar-refractivity contribution is 4.90. The van der Waals surface area contributed by atoms with E-state index in [2.05, 4.69) is 25.9 Å². The minimum Gasteiger partial charge on any atom is -0.390 e. The van der Waals surface area contributed by atoms with Crippen LogP contribution in [-0.2, 0) is 0 Å².